The lowest BCUT2D eigenvalue weighted by Crippen LogP contribution is -2.46. The quantitative estimate of drug-likeness (QED) is 0.585. The molecule has 3 bridgehead atoms. The Balaban J connectivity index is 1.95. The highest BCUT2D eigenvalue weighted by atomic mass is 32.2. The van der Waals surface area contributed by atoms with Gasteiger partial charge in [0.2, 0.25) is 0 Å². The summed E-state index contributed by atoms with van der Waals surface area (Å²) in [5.41, 5.74) is 0. The molecule has 3 fully saturated rings. The molecule has 3 heteroatoms. The van der Waals surface area contributed by atoms with Gasteiger partial charge in [-0.15, -0.1) is 11.8 Å². The van der Waals surface area contributed by atoms with Gasteiger partial charge in [-0.1, -0.05) is 0 Å². The molecule has 3 aliphatic heterocycles. The fourth-order valence-electron chi connectivity index (χ4n) is 2.48. The summed E-state index contributed by atoms with van der Waals surface area (Å²) in [5, 5.41) is 10.9. The number of ether oxygens (including phenoxy) is 1. The third-order valence-electron chi connectivity index (χ3n) is 3.08. The Morgan fingerprint density at radius 1 is 1.18 bits per heavy atom. The summed E-state index contributed by atoms with van der Waals surface area (Å²) in [5.74, 6) is 0. The number of hydrogen-bond acceptors (Lipinski definition) is 3. The molecule has 0 radical (unpaired) electrons. The Morgan fingerprint density at radius 3 is 3.00 bits per heavy atom. The van der Waals surface area contributed by atoms with E-state index in [2.05, 4.69) is 0 Å². The van der Waals surface area contributed by atoms with Gasteiger partial charge in [-0.2, -0.15) is 0 Å². The molecule has 62 valence electrons. The topological polar surface area (TPSA) is 29.5 Å². The van der Waals surface area contributed by atoms with Gasteiger partial charge in [0.25, 0.3) is 0 Å². The minimum atomic E-state index is -0.177. The first-order valence-electron chi connectivity index (χ1n) is 4.33. The van der Waals surface area contributed by atoms with Crippen LogP contribution in [0.1, 0.15) is 19.3 Å². The highest BCUT2D eigenvalue weighted by molar-refractivity contribution is 8.00. The number of thioether (sulfide) groups is 1. The Bertz CT molecular complexity index is 177. The molecule has 1 N–H and O–H groups in total. The molecule has 3 aliphatic rings. The smallest absolute Gasteiger partial charge is 0.0921 e. The van der Waals surface area contributed by atoms with E-state index >= 15 is 0 Å². The summed E-state index contributed by atoms with van der Waals surface area (Å²) in [6.07, 6.45) is 3.90. The molecular weight excluding hydrogens is 160 g/mol. The lowest BCUT2D eigenvalue weighted by Gasteiger charge is -2.36. The lowest BCUT2D eigenvalue weighted by molar-refractivity contribution is -0.127. The summed E-state index contributed by atoms with van der Waals surface area (Å²) in [7, 11) is 0. The van der Waals surface area contributed by atoms with Crippen LogP contribution in [-0.2, 0) is 4.74 Å². The molecule has 0 aromatic heterocycles. The second kappa shape index (κ2) is 2.15. The Hall–Kier alpha value is 0.270. The van der Waals surface area contributed by atoms with Gasteiger partial charge in [0.15, 0.2) is 0 Å². The van der Waals surface area contributed by atoms with Gasteiger partial charge < -0.3 is 9.84 Å². The first-order valence-corrected chi connectivity index (χ1v) is 5.28. The fraction of sp³-hybridized carbons (Fsp3) is 1.00. The van der Waals surface area contributed by atoms with E-state index in [1.54, 1.807) is 0 Å². The summed E-state index contributed by atoms with van der Waals surface area (Å²) in [6.45, 7) is 0. The third kappa shape index (κ3) is 0.820. The first kappa shape index (κ1) is 6.75. The van der Waals surface area contributed by atoms with Crippen LogP contribution in [0.2, 0.25) is 0 Å². The van der Waals surface area contributed by atoms with E-state index < -0.39 is 0 Å². The maximum atomic E-state index is 9.74. The SMILES string of the molecule is OC1C2CCC3SC1CC3O2. The van der Waals surface area contributed by atoms with Crippen LogP contribution in [0.3, 0.4) is 0 Å². The van der Waals surface area contributed by atoms with Crippen molar-refractivity contribution >= 4 is 11.8 Å². The van der Waals surface area contributed by atoms with Crippen molar-refractivity contribution < 1.29 is 9.84 Å². The predicted molar refractivity (Wildman–Crippen MR) is 43.7 cm³/mol. The maximum absolute atomic E-state index is 9.74. The second-order valence-corrected chi connectivity index (χ2v) is 5.21. The van der Waals surface area contributed by atoms with Crippen LogP contribution >= 0.6 is 11.8 Å². The zero-order chi connectivity index (χ0) is 7.42. The number of aliphatic hydroxyl groups is 1. The second-order valence-electron chi connectivity index (χ2n) is 3.73. The van der Waals surface area contributed by atoms with Crippen LogP contribution in [0.5, 0.6) is 0 Å². The average Bonchev–Trinajstić information content (AvgIpc) is 2.33. The molecule has 0 aliphatic carbocycles. The number of rotatable bonds is 0. The van der Waals surface area contributed by atoms with E-state index in [0.717, 1.165) is 12.8 Å². The van der Waals surface area contributed by atoms with E-state index in [-0.39, 0.29) is 12.2 Å². The van der Waals surface area contributed by atoms with E-state index in [0.29, 0.717) is 16.6 Å². The van der Waals surface area contributed by atoms with Crippen molar-refractivity contribution in [1.29, 1.82) is 0 Å². The molecule has 0 amide bonds. The molecule has 0 saturated carbocycles. The van der Waals surface area contributed by atoms with Crippen molar-refractivity contribution in [3.63, 3.8) is 0 Å². The third-order valence-corrected chi connectivity index (χ3v) is 4.79. The molecule has 11 heavy (non-hydrogen) atoms. The van der Waals surface area contributed by atoms with Gasteiger partial charge >= 0.3 is 0 Å². The minimum absolute atomic E-state index is 0.171. The number of aliphatic hydroxyl groups excluding tert-OH is 1. The van der Waals surface area contributed by atoms with Gasteiger partial charge in [0.1, 0.15) is 0 Å². The molecule has 2 nitrogen and oxygen atoms in total. The molecule has 3 rings (SSSR count). The molecule has 0 spiro atoms. The molecule has 5 atom stereocenters. The normalized spacial score (nSPS) is 60.3. The van der Waals surface area contributed by atoms with Crippen molar-refractivity contribution in [1.82, 2.24) is 0 Å². The molecule has 0 aromatic carbocycles. The van der Waals surface area contributed by atoms with Crippen molar-refractivity contribution in [3.8, 4) is 0 Å². The van der Waals surface area contributed by atoms with Crippen LogP contribution in [0, 0.1) is 0 Å². The molecule has 3 saturated heterocycles. The van der Waals surface area contributed by atoms with Crippen LogP contribution in [0.4, 0.5) is 0 Å². The van der Waals surface area contributed by atoms with Crippen molar-refractivity contribution in [2.24, 2.45) is 0 Å². The minimum Gasteiger partial charge on any atom is -0.389 e. The summed E-state index contributed by atoms with van der Waals surface area (Å²) in [6, 6.07) is 0. The predicted octanol–water partition coefficient (Wildman–Crippen LogP) is 0.783. The van der Waals surface area contributed by atoms with E-state index in [1.165, 1.54) is 6.42 Å². The van der Waals surface area contributed by atoms with Crippen LogP contribution in [0.15, 0.2) is 0 Å². The molecule has 0 aromatic rings. The monoisotopic (exact) mass is 172 g/mol. The zero-order valence-electron chi connectivity index (χ0n) is 6.27. The molecule has 5 unspecified atom stereocenters. The summed E-state index contributed by atoms with van der Waals surface area (Å²) >= 11 is 1.96. The summed E-state index contributed by atoms with van der Waals surface area (Å²) in [4.78, 5) is 0. The highest BCUT2D eigenvalue weighted by Crippen LogP contribution is 2.49. The first-order chi connectivity index (χ1) is 5.34. The Kier molecular flexibility index (Phi) is 1.32. The van der Waals surface area contributed by atoms with Crippen molar-refractivity contribution in [3.05, 3.63) is 0 Å². The van der Waals surface area contributed by atoms with Crippen molar-refractivity contribution in [2.45, 2.75) is 48.1 Å². The van der Waals surface area contributed by atoms with Crippen LogP contribution in [0.25, 0.3) is 0 Å². The lowest BCUT2D eigenvalue weighted by atomic mass is 9.90. The van der Waals surface area contributed by atoms with Gasteiger partial charge in [-0.25, -0.2) is 0 Å². The number of fused-ring (bicyclic) bond motifs is 2. The molecule has 3 heterocycles. The Labute approximate surface area is 70.3 Å². The van der Waals surface area contributed by atoms with Crippen LogP contribution < -0.4 is 0 Å². The zero-order valence-corrected chi connectivity index (χ0v) is 7.09. The van der Waals surface area contributed by atoms with Gasteiger partial charge in [-0.3, -0.25) is 0 Å². The highest BCUT2D eigenvalue weighted by Gasteiger charge is 2.50. The Morgan fingerprint density at radius 2 is 2.09 bits per heavy atom. The van der Waals surface area contributed by atoms with E-state index in [9.17, 15) is 5.11 Å². The van der Waals surface area contributed by atoms with E-state index in [1.807, 2.05) is 11.8 Å². The average molecular weight is 172 g/mol. The van der Waals surface area contributed by atoms with Crippen LogP contribution in [-0.4, -0.2) is 33.9 Å². The largest absolute Gasteiger partial charge is 0.389 e. The molecular formula is C8H12O2S. The fourth-order valence-corrected chi connectivity index (χ4v) is 4.19. The van der Waals surface area contributed by atoms with E-state index in [4.69, 9.17) is 4.74 Å². The van der Waals surface area contributed by atoms with Gasteiger partial charge in [0.05, 0.1) is 18.3 Å². The van der Waals surface area contributed by atoms with Gasteiger partial charge in [0, 0.05) is 10.5 Å². The standard InChI is InChI=1S/C8H12O2S/c9-8-4-1-2-6-5(10-4)3-7(8)11-6/h4-9H,1-3H2. The van der Waals surface area contributed by atoms with Gasteiger partial charge in [-0.05, 0) is 19.3 Å². The number of hydrogen-bond donors (Lipinski definition) is 1. The van der Waals surface area contributed by atoms with Crippen molar-refractivity contribution in [2.75, 3.05) is 0 Å². The maximum Gasteiger partial charge on any atom is 0.0921 e. The summed E-state index contributed by atoms with van der Waals surface area (Å²) < 4.78 is 5.72.